The Morgan fingerprint density at radius 1 is 1.00 bits per heavy atom. The topological polar surface area (TPSA) is 95.5 Å². The molecule has 0 unspecified atom stereocenters. The monoisotopic (exact) mass is 356 g/mol. The highest BCUT2D eigenvalue weighted by molar-refractivity contribution is 5.90. The number of carboxylic acid groups (broad SMARTS) is 1. The van der Waals surface area contributed by atoms with Gasteiger partial charge in [0.1, 0.15) is 12.1 Å². The molecule has 0 spiro atoms. The van der Waals surface area contributed by atoms with Crippen LogP contribution in [0.5, 0.6) is 0 Å². The van der Waals surface area contributed by atoms with E-state index in [1.807, 2.05) is 42.5 Å². The summed E-state index contributed by atoms with van der Waals surface area (Å²) in [7, 11) is 0. The van der Waals surface area contributed by atoms with E-state index in [0.717, 1.165) is 16.3 Å². The van der Waals surface area contributed by atoms with Crippen molar-refractivity contribution in [1.29, 1.82) is 0 Å². The van der Waals surface area contributed by atoms with Crippen molar-refractivity contribution in [3.63, 3.8) is 0 Å². The van der Waals surface area contributed by atoms with Crippen molar-refractivity contribution in [2.45, 2.75) is 39.3 Å². The van der Waals surface area contributed by atoms with Crippen molar-refractivity contribution in [3.05, 3.63) is 48.0 Å². The number of carboxylic acids is 1. The number of fused-ring (bicyclic) bond motifs is 1. The second kappa shape index (κ2) is 8.47. The lowest BCUT2D eigenvalue weighted by Gasteiger charge is -2.23. The molecule has 138 valence electrons. The molecule has 0 radical (unpaired) electrons. The lowest BCUT2D eigenvalue weighted by Crippen LogP contribution is -2.53. The zero-order valence-electron chi connectivity index (χ0n) is 15.2. The molecule has 26 heavy (non-hydrogen) atoms. The van der Waals surface area contributed by atoms with Crippen LogP contribution in [-0.4, -0.2) is 35.0 Å². The lowest BCUT2D eigenvalue weighted by molar-refractivity contribution is -0.142. The number of hydrogen-bond acceptors (Lipinski definition) is 3. The molecule has 3 N–H and O–H groups in total. The summed E-state index contributed by atoms with van der Waals surface area (Å²) in [5.74, 6) is -2.10. The molecule has 0 bridgehead atoms. The summed E-state index contributed by atoms with van der Waals surface area (Å²) >= 11 is 0. The number of amides is 2. The maximum Gasteiger partial charge on any atom is 0.326 e. The molecule has 0 aliphatic carbocycles. The fourth-order valence-electron chi connectivity index (χ4n) is 2.82. The Balaban J connectivity index is 2.15. The Morgan fingerprint density at radius 3 is 2.23 bits per heavy atom. The molecule has 2 aromatic rings. The van der Waals surface area contributed by atoms with Crippen LogP contribution in [0.4, 0.5) is 0 Å². The van der Waals surface area contributed by atoms with Gasteiger partial charge in [-0.1, -0.05) is 56.3 Å². The van der Waals surface area contributed by atoms with Crippen molar-refractivity contribution >= 4 is 28.6 Å². The van der Waals surface area contributed by atoms with Gasteiger partial charge in [0.2, 0.25) is 11.8 Å². The summed E-state index contributed by atoms with van der Waals surface area (Å²) in [5, 5.41) is 16.7. The van der Waals surface area contributed by atoms with Gasteiger partial charge < -0.3 is 15.7 Å². The van der Waals surface area contributed by atoms with Crippen molar-refractivity contribution in [1.82, 2.24) is 10.6 Å². The van der Waals surface area contributed by atoms with E-state index in [1.54, 1.807) is 13.8 Å². The smallest absolute Gasteiger partial charge is 0.326 e. The zero-order chi connectivity index (χ0) is 19.3. The van der Waals surface area contributed by atoms with E-state index >= 15 is 0 Å². The van der Waals surface area contributed by atoms with Gasteiger partial charge in [-0.15, -0.1) is 0 Å². The molecule has 0 aromatic heterocycles. The lowest BCUT2D eigenvalue weighted by atomic mass is 10.00. The van der Waals surface area contributed by atoms with Crippen molar-refractivity contribution in [2.75, 3.05) is 0 Å². The Hall–Kier alpha value is -2.89. The third-order valence-corrected chi connectivity index (χ3v) is 4.18. The molecule has 0 saturated carbocycles. The minimum atomic E-state index is -1.11. The highest BCUT2D eigenvalue weighted by Gasteiger charge is 2.28. The third-order valence-electron chi connectivity index (χ3n) is 4.18. The number of aliphatic carboxylic acids is 1. The molecular formula is C20H24N2O4. The SMILES string of the molecule is CC(=O)N[C@@H](C(=O)N[C@@H](Cc1ccc2ccccc2c1)C(=O)O)C(C)C. The van der Waals surface area contributed by atoms with Crippen molar-refractivity contribution in [2.24, 2.45) is 5.92 Å². The molecular weight excluding hydrogens is 332 g/mol. The highest BCUT2D eigenvalue weighted by atomic mass is 16.4. The molecule has 2 atom stereocenters. The molecule has 6 heteroatoms. The first-order chi connectivity index (χ1) is 12.3. The number of rotatable bonds is 7. The Bertz CT molecular complexity index is 816. The molecule has 0 aliphatic rings. The third kappa shape index (κ3) is 5.05. The van der Waals surface area contributed by atoms with E-state index in [1.165, 1.54) is 6.92 Å². The Kier molecular flexibility index (Phi) is 6.33. The predicted octanol–water partition coefficient (Wildman–Crippen LogP) is 2.11. The normalized spacial score (nSPS) is 13.2. The van der Waals surface area contributed by atoms with E-state index in [2.05, 4.69) is 10.6 Å². The number of nitrogens with one attached hydrogen (secondary N) is 2. The Labute approximate surface area is 152 Å². The summed E-state index contributed by atoms with van der Waals surface area (Å²) in [6, 6.07) is 11.7. The fraction of sp³-hybridized carbons (Fsp3) is 0.350. The molecule has 0 fully saturated rings. The minimum Gasteiger partial charge on any atom is -0.480 e. The van der Waals surface area contributed by atoms with Gasteiger partial charge in [-0.2, -0.15) is 0 Å². The summed E-state index contributed by atoms with van der Waals surface area (Å²) in [6.45, 7) is 4.91. The molecule has 0 heterocycles. The minimum absolute atomic E-state index is 0.158. The fourth-order valence-corrected chi connectivity index (χ4v) is 2.82. The van der Waals surface area contributed by atoms with Gasteiger partial charge in [0, 0.05) is 13.3 Å². The molecule has 0 saturated heterocycles. The number of benzene rings is 2. The molecule has 2 aromatic carbocycles. The van der Waals surface area contributed by atoms with Crippen LogP contribution in [0.25, 0.3) is 10.8 Å². The first-order valence-electron chi connectivity index (χ1n) is 8.56. The summed E-state index contributed by atoms with van der Waals surface area (Å²) in [5.41, 5.74) is 0.817. The number of hydrogen-bond donors (Lipinski definition) is 3. The average Bonchev–Trinajstić information content (AvgIpc) is 2.58. The van der Waals surface area contributed by atoms with E-state index in [4.69, 9.17) is 0 Å². The first kappa shape index (κ1) is 19.4. The largest absolute Gasteiger partial charge is 0.480 e. The van der Waals surface area contributed by atoms with E-state index in [0.29, 0.717) is 0 Å². The van der Waals surface area contributed by atoms with Crippen LogP contribution in [0.2, 0.25) is 0 Å². The van der Waals surface area contributed by atoms with Crippen LogP contribution < -0.4 is 10.6 Å². The second-order valence-corrected chi connectivity index (χ2v) is 6.71. The maximum atomic E-state index is 12.4. The van der Waals surface area contributed by atoms with Crippen LogP contribution in [-0.2, 0) is 20.8 Å². The first-order valence-corrected chi connectivity index (χ1v) is 8.56. The van der Waals surface area contributed by atoms with Gasteiger partial charge in [-0.25, -0.2) is 4.79 Å². The standard InChI is InChI=1S/C20H24N2O4/c1-12(2)18(21-13(3)23)19(24)22-17(20(25)26)11-14-8-9-15-6-4-5-7-16(15)10-14/h4-10,12,17-18H,11H2,1-3H3,(H,21,23)(H,22,24)(H,25,26)/t17-,18+/m0/s1. The maximum absolute atomic E-state index is 12.4. The van der Waals surface area contributed by atoms with Crippen molar-refractivity contribution < 1.29 is 19.5 Å². The van der Waals surface area contributed by atoms with Gasteiger partial charge in [0.25, 0.3) is 0 Å². The van der Waals surface area contributed by atoms with Crippen LogP contribution >= 0.6 is 0 Å². The molecule has 2 rings (SSSR count). The van der Waals surface area contributed by atoms with E-state index in [9.17, 15) is 19.5 Å². The number of carbonyl (C=O) groups is 3. The van der Waals surface area contributed by atoms with Crippen LogP contribution in [0.3, 0.4) is 0 Å². The predicted molar refractivity (Wildman–Crippen MR) is 99.7 cm³/mol. The van der Waals surface area contributed by atoms with Crippen molar-refractivity contribution in [3.8, 4) is 0 Å². The number of carbonyl (C=O) groups excluding carboxylic acids is 2. The van der Waals surface area contributed by atoms with Gasteiger partial charge >= 0.3 is 5.97 Å². The van der Waals surface area contributed by atoms with Gasteiger partial charge in [0.05, 0.1) is 0 Å². The Morgan fingerprint density at radius 2 is 1.65 bits per heavy atom. The second-order valence-electron chi connectivity index (χ2n) is 6.71. The molecule has 0 aliphatic heterocycles. The molecule has 6 nitrogen and oxygen atoms in total. The van der Waals surface area contributed by atoms with Gasteiger partial charge in [-0.3, -0.25) is 9.59 Å². The quantitative estimate of drug-likeness (QED) is 0.708. The summed E-state index contributed by atoms with van der Waals surface area (Å²) < 4.78 is 0. The van der Waals surface area contributed by atoms with Crippen LogP contribution in [0, 0.1) is 5.92 Å². The summed E-state index contributed by atoms with van der Waals surface area (Å²) in [6.07, 6.45) is 0.163. The average molecular weight is 356 g/mol. The van der Waals surface area contributed by atoms with Gasteiger partial charge in [0.15, 0.2) is 0 Å². The van der Waals surface area contributed by atoms with Crippen LogP contribution in [0.1, 0.15) is 26.3 Å². The van der Waals surface area contributed by atoms with E-state index in [-0.39, 0.29) is 18.2 Å². The highest BCUT2D eigenvalue weighted by Crippen LogP contribution is 2.17. The summed E-state index contributed by atoms with van der Waals surface area (Å²) in [4.78, 5) is 35.4. The van der Waals surface area contributed by atoms with Crippen LogP contribution in [0.15, 0.2) is 42.5 Å². The zero-order valence-corrected chi connectivity index (χ0v) is 15.2. The van der Waals surface area contributed by atoms with Gasteiger partial charge in [-0.05, 0) is 22.3 Å². The van der Waals surface area contributed by atoms with E-state index < -0.39 is 24.0 Å². The molecule has 2 amide bonds.